The third kappa shape index (κ3) is 4.90. The van der Waals surface area contributed by atoms with Gasteiger partial charge in [0, 0.05) is 0 Å². The molecule has 19 heavy (non-hydrogen) atoms. The molecule has 0 aliphatic carbocycles. The number of carboxylic acids is 1. The predicted molar refractivity (Wildman–Crippen MR) is 72.2 cm³/mol. The molecule has 0 saturated heterocycles. The molecule has 0 bridgehead atoms. The van der Waals surface area contributed by atoms with Gasteiger partial charge in [-0.15, -0.1) is 0 Å². The summed E-state index contributed by atoms with van der Waals surface area (Å²) in [4.78, 5) is 10.5. The minimum atomic E-state index is -3.38. The average molecular weight is 286 g/mol. The van der Waals surface area contributed by atoms with Gasteiger partial charge in [-0.2, -0.15) is 0 Å². The van der Waals surface area contributed by atoms with Crippen molar-refractivity contribution in [2.75, 3.05) is 12.9 Å². The van der Waals surface area contributed by atoms with Gasteiger partial charge in [0.25, 0.3) is 0 Å². The van der Waals surface area contributed by atoms with E-state index in [0.29, 0.717) is 12.2 Å². The molecule has 0 aliphatic rings. The summed E-state index contributed by atoms with van der Waals surface area (Å²) in [7, 11) is -1.82. The summed E-state index contributed by atoms with van der Waals surface area (Å²) in [5.74, 6) is -0.431. The predicted octanol–water partition coefficient (Wildman–Crippen LogP) is 1.52. The first-order valence-electron chi connectivity index (χ1n) is 5.91. The number of hydrogen-bond donors (Lipinski definition) is 1. The highest BCUT2D eigenvalue weighted by Crippen LogP contribution is 2.14. The second kappa shape index (κ2) is 6.56. The first-order valence-corrected chi connectivity index (χ1v) is 7.63. The van der Waals surface area contributed by atoms with Gasteiger partial charge in [0.05, 0.1) is 24.5 Å². The van der Waals surface area contributed by atoms with Gasteiger partial charge in [-0.3, -0.25) is 4.79 Å². The number of methoxy groups -OCH3 is 1. The Morgan fingerprint density at radius 2 is 1.89 bits per heavy atom. The Labute approximate surface area is 113 Å². The fourth-order valence-electron chi connectivity index (χ4n) is 1.63. The Hall–Kier alpha value is -1.56. The van der Waals surface area contributed by atoms with Crippen LogP contribution in [0.1, 0.15) is 18.9 Å². The van der Waals surface area contributed by atoms with E-state index in [1.165, 1.54) is 6.92 Å². The van der Waals surface area contributed by atoms with Crippen LogP contribution >= 0.6 is 0 Å². The van der Waals surface area contributed by atoms with E-state index in [-0.39, 0.29) is 12.2 Å². The largest absolute Gasteiger partial charge is 0.497 e. The lowest BCUT2D eigenvalue weighted by Gasteiger charge is -2.10. The van der Waals surface area contributed by atoms with E-state index in [4.69, 9.17) is 9.84 Å². The molecule has 0 aliphatic heterocycles. The second-order valence-electron chi connectivity index (χ2n) is 4.37. The number of aliphatic carboxylic acids is 1. The highest BCUT2D eigenvalue weighted by Gasteiger charge is 2.23. The summed E-state index contributed by atoms with van der Waals surface area (Å²) >= 11 is 0. The SMILES string of the molecule is COc1ccc(CCS(=O)(=O)C(C)CC(=O)O)cc1. The van der Waals surface area contributed by atoms with E-state index >= 15 is 0 Å². The van der Waals surface area contributed by atoms with Crippen LogP contribution in [0.2, 0.25) is 0 Å². The van der Waals surface area contributed by atoms with Crippen molar-refractivity contribution in [1.82, 2.24) is 0 Å². The summed E-state index contributed by atoms with van der Waals surface area (Å²) in [5, 5.41) is 7.75. The van der Waals surface area contributed by atoms with Gasteiger partial charge >= 0.3 is 5.97 Å². The van der Waals surface area contributed by atoms with Crippen LogP contribution in [-0.4, -0.2) is 37.6 Å². The van der Waals surface area contributed by atoms with Crippen molar-refractivity contribution >= 4 is 15.8 Å². The lowest BCUT2D eigenvalue weighted by molar-refractivity contribution is -0.136. The third-order valence-electron chi connectivity index (χ3n) is 2.91. The van der Waals surface area contributed by atoms with Crippen molar-refractivity contribution < 1.29 is 23.1 Å². The molecule has 5 nitrogen and oxygen atoms in total. The van der Waals surface area contributed by atoms with Gasteiger partial charge in [-0.1, -0.05) is 12.1 Å². The number of carbonyl (C=O) groups is 1. The molecular formula is C13H18O5S. The summed E-state index contributed by atoms with van der Waals surface area (Å²) in [6.07, 6.45) is 0.0151. The number of sulfone groups is 1. The smallest absolute Gasteiger partial charge is 0.304 e. The maximum Gasteiger partial charge on any atom is 0.304 e. The highest BCUT2D eigenvalue weighted by atomic mass is 32.2. The topological polar surface area (TPSA) is 80.7 Å². The molecule has 1 unspecified atom stereocenters. The summed E-state index contributed by atoms with van der Waals surface area (Å²) in [6.45, 7) is 1.43. The minimum Gasteiger partial charge on any atom is -0.497 e. The fraction of sp³-hybridized carbons (Fsp3) is 0.462. The Morgan fingerprint density at radius 1 is 1.32 bits per heavy atom. The number of carboxylic acid groups (broad SMARTS) is 1. The Balaban J connectivity index is 2.61. The Bertz CT molecular complexity index is 518. The van der Waals surface area contributed by atoms with Crippen LogP contribution in [0.4, 0.5) is 0 Å². The van der Waals surface area contributed by atoms with Crippen LogP contribution in [0, 0.1) is 0 Å². The quantitative estimate of drug-likeness (QED) is 0.822. The highest BCUT2D eigenvalue weighted by molar-refractivity contribution is 7.92. The number of rotatable bonds is 7. The first-order chi connectivity index (χ1) is 8.85. The molecular weight excluding hydrogens is 268 g/mol. The zero-order chi connectivity index (χ0) is 14.5. The van der Waals surface area contributed by atoms with Crippen molar-refractivity contribution in [2.24, 2.45) is 0 Å². The molecule has 0 heterocycles. The van der Waals surface area contributed by atoms with Gasteiger partial charge in [0.1, 0.15) is 5.75 Å². The van der Waals surface area contributed by atoms with E-state index in [1.807, 2.05) is 0 Å². The number of benzene rings is 1. The maximum atomic E-state index is 11.9. The molecule has 0 saturated carbocycles. The molecule has 1 aromatic carbocycles. The lowest BCUT2D eigenvalue weighted by atomic mass is 10.2. The van der Waals surface area contributed by atoms with E-state index in [2.05, 4.69) is 0 Å². The van der Waals surface area contributed by atoms with Gasteiger partial charge in [0.2, 0.25) is 0 Å². The molecule has 1 aromatic rings. The molecule has 1 N–H and O–H groups in total. The van der Waals surface area contributed by atoms with Crippen molar-refractivity contribution in [2.45, 2.75) is 25.0 Å². The van der Waals surface area contributed by atoms with Gasteiger partial charge in [-0.25, -0.2) is 8.42 Å². The molecule has 6 heteroatoms. The zero-order valence-electron chi connectivity index (χ0n) is 11.0. The van der Waals surface area contributed by atoms with E-state index in [1.54, 1.807) is 31.4 Å². The number of hydrogen-bond acceptors (Lipinski definition) is 4. The molecule has 1 atom stereocenters. The van der Waals surface area contributed by atoms with Crippen molar-refractivity contribution in [3.63, 3.8) is 0 Å². The fourth-order valence-corrected chi connectivity index (χ4v) is 2.95. The van der Waals surface area contributed by atoms with Crippen LogP contribution < -0.4 is 4.74 Å². The standard InChI is InChI=1S/C13H18O5S/c1-10(9-13(14)15)19(16,17)8-7-11-3-5-12(18-2)6-4-11/h3-6,10H,7-9H2,1-2H3,(H,14,15). The van der Waals surface area contributed by atoms with Crippen molar-refractivity contribution in [3.8, 4) is 5.75 Å². The van der Waals surface area contributed by atoms with E-state index in [0.717, 1.165) is 5.56 Å². The van der Waals surface area contributed by atoms with Crippen LogP contribution in [0.25, 0.3) is 0 Å². The molecule has 1 rings (SSSR count). The van der Waals surface area contributed by atoms with Crippen LogP contribution in [-0.2, 0) is 21.1 Å². The van der Waals surface area contributed by atoms with Crippen molar-refractivity contribution in [1.29, 1.82) is 0 Å². The molecule has 0 radical (unpaired) electrons. The summed E-state index contributed by atoms with van der Waals surface area (Å²) in [5.41, 5.74) is 0.881. The molecule has 0 amide bonds. The van der Waals surface area contributed by atoms with Gasteiger partial charge < -0.3 is 9.84 Å². The lowest BCUT2D eigenvalue weighted by Crippen LogP contribution is -2.24. The maximum absolute atomic E-state index is 11.9. The molecule has 0 aromatic heterocycles. The Morgan fingerprint density at radius 3 is 2.37 bits per heavy atom. The summed E-state index contributed by atoms with van der Waals surface area (Å²) < 4.78 is 28.8. The van der Waals surface area contributed by atoms with E-state index in [9.17, 15) is 13.2 Å². The number of ether oxygens (including phenoxy) is 1. The molecule has 0 fully saturated rings. The zero-order valence-corrected chi connectivity index (χ0v) is 11.8. The van der Waals surface area contributed by atoms with Crippen LogP contribution in [0.3, 0.4) is 0 Å². The number of aryl methyl sites for hydroxylation is 1. The van der Waals surface area contributed by atoms with E-state index < -0.39 is 21.1 Å². The molecule has 0 spiro atoms. The Kier molecular flexibility index (Phi) is 5.35. The average Bonchev–Trinajstić information content (AvgIpc) is 2.36. The van der Waals surface area contributed by atoms with Crippen LogP contribution in [0.5, 0.6) is 5.75 Å². The van der Waals surface area contributed by atoms with Gasteiger partial charge in [-0.05, 0) is 31.0 Å². The monoisotopic (exact) mass is 286 g/mol. The second-order valence-corrected chi connectivity index (χ2v) is 6.91. The first kappa shape index (κ1) is 15.5. The third-order valence-corrected chi connectivity index (χ3v) is 5.08. The van der Waals surface area contributed by atoms with Crippen LogP contribution in [0.15, 0.2) is 24.3 Å². The van der Waals surface area contributed by atoms with Gasteiger partial charge in [0.15, 0.2) is 9.84 Å². The molecule has 106 valence electrons. The summed E-state index contributed by atoms with van der Waals surface area (Å²) in [6, 6.07) is 7.14. The normalized spacial score (nSPS) is 12.9. The van der Waals surface area contributed by atoms with Crippen molar-refractivity contribution in [3.05, 3.63) is 29.8 Å². The minimum absolute atomic E-state index is 0.0478.